The molecule has 0 fully saturated rings. The number of ether oxygens (including phenoxy) is 1. The predicted octanol–water partition coefficient (Wildman–Crippen LogP) is 3.60. The largest absolute Gasteiger partial charge is 0.450 e. The summed E-state index contributed by atoms with van der Waals surface area (Å²) in [6, 6.07) is 12.3. The number of para-hydroxylation sites is 1. The standard InChI is InChI=1S/C20H20FN3O3/c1-2-27-20(26)24-18(19(25)23-15-9-7-14(21)8-10-15)11-13-12-22-17-6-4-3-5-16(13)17/h3-10,12,18,22H,2,11H2,1H3,(H,23,25)(H,24,26). The van der Waals surface area contributed by atoms with Crippen LogP contribution in [0.2, 0.25) is 0 Å². The molecule has 1 unspecified atom stereocenters. The number of nitrogens with one attached hydrogen (secondary N) is 3. The summed E-state index contributed by atoms with van der Waals surface area (Å²) < 4.78 is 18.0. The smallest absolute Gasteiger partial charge is 0.407 e. The third kappa shape index (κ3) is 4.63. The van der Waals surface area contributed by atoms with Gasteiger partial charge in [0.25, 0.3) is 0 Å². The fourth-order valence-electron chi connectivity index (χ4n) is 2.81. The van der Waals surface area contributed by atoms with Crippen LogP contribution in [0, 0.1) is 5.82 Å². The van der Waals surface area contributed by atoms with Crippen molar-refractivity contribution in [3.63, 3.8) is 0 Å². The molecule has 0 aliphatic heterocycles. The summed E-state index contributed by atoms with van der Waals surface area (Å²) in [7, 11) is 0. The average molecular weight is 369 g/mol. The number of H-pyrrole nitrogens is 1. The van der Waals surface area contributed by atoms with Crippen LogP contribution in [0.1, 0.15) is 12.5 Å². The van der Waals surface area contributed by atoms with Crippen molar-refractivity contribution >= 4 is 28.6 Å². The maximum Gasteiger partial charge on any atom is 0.407 e. The van der Waals surface area contributed by atoms with Crippen molar-refractivity contribution in [2.24, 2.45) is 0 Å². The number of hydrogen-bond acceptors (Lipinski definition) is 3. The molecular formula is C20H20FN3O3. The maximum absolute atomic E-state index is 13.1. The number of carbonyl (C=O) groups excluding carboxylic acids is 2. The van der Waals surface area contributed by atoms with E-state index in [0.717, 1.165) is 16.5 Å². The zero-order valence-corrected chi connectivity index (χ0v) is 14.8. The summed E-state index contributed by atoms with van der Waals surface area (Å²) in [5, 5.41) is 6.26. The number of fused-ring (bicyclic) bond motifs is 1. The zero-order valence-electron chi connectivity index (χ0n) is 14.8. The molecule has 0 radical (unpaired) electrons. The lowest BCUT2D eigenvalue weighted by molar-refractivity contribution is -0.118. The van der Waals surface area contributed by atoms with Gasteiger partial charge in [0.15, 0.2) is 0 Å². The molecule has 0 bridgehead atoms. The number of carbonyl (C=O) groups is 2. The first kappa shape index (κ1) is 18.4. The summed E-state index contributed by atoms with van der Waals surface area (Å²) in [5.74, 6) is -0.812. The maximum atomic E-state index is 13.1. The van der Waals surface area contributed by atoms with Crippen molar-refractivity contribution in [2.45, 2.75) is 19.4 Å². The predicted molar refractivity (Wildman–Crippen MR) is 101 cm³/mol. The number of rotatable bonds is 6. The molecule has 6 nitrogen and oxygen atoms in total. The highest BCUT2D eigenvalue weighted by Crippen LogP contribution is 2.20. The van der Waals surface area contributed by atoms with Crippen molar-refractivity contribution in [1.82, 2.24) is 10.3 Å². The number of amides is 2. The molecule has 0 saturated heterocycles. The van der Waals surface area contributed by atoms with Crippen LogP contribution < -0.4 is 10.6 Å². The Labute approximate surface area is 155 Å². The highest BCUT2D eigenvalue weighted by atomic mass is 19.1. The lowest BCUT2D eigenvalue weighted by Crippen LogP contribution is -2.45. The Bertz CT molecular complexity index is 937. The Balaban J connectivity index is 1.80. The van der Waals surface area contributed by atoms with Gasteiger partial charge in [0.1, 0.15) is 11.9 Å². The Morgan fingerprint density at radius 3 is 2.63 bits per heavy atom. The molecule has 7 heteroatoms. The lowest BCUT2D eigenvalue weighted by Gasteiger charge is -2.18. The normalized spacial score (nSPS) is 11.8. The summed E-state index contributed by atoms with van der Waals surface area (Å²) in [4.78, 5) is 27.7. The highest BCUT2D eigenvalue weighted by Gasteiger charge is 2.23. The van der Waals surface area contributed by atoms with Crippen molar-refractivity contribution in [2.75, 3.05) is 11.9 Å². The molecule has 0 spiro atoms. The first-order valence-electron chi connectivity index (χ1n) is 8.61. The van der Waals surface area contributed by atoms with Gasteiger partial charge in [-0.05, 0) is 42.8 Å². The van der Waals surface area contributed by atoms with E-state index in [0.29, 0.717) is 5.69 Å². The van der Waals surface area contributed by atoms with Gasteiger partial charge in [-0.2, -0.15) is 0 Å². The molecule has 3 rings (SSSR count). The minimum Gasteiger partial charge on any atom is -0.450 e. The second kappa shape index (κ2) is 8.35. The van der Waals surface area contributed by atoms with Crippen molar-refractivity contribution in [3.05, 3.63) is 66.1 Å². The van der Waals surface area contributed by atoms with E-state index in [1.807, 2.05) is 30.5 Å². The van der Waals surface area contributed by atoms with Crippen LogP contribution in [0.5, 0.6) is 0 Å². The van der Waals surface area contributed by atoms with Gasteiger partial charge in [-0.1, -0.05) is 18.2 Å². The number of benzene rings is 2. The molecule has 3 N–H and O–H groups in total. The minimum absolute atomic E-state index is 0.200. The quantitative estimate of drug-likeness (QED) is 0.621. The number of aromatic amines is 1. The molecule has 0 aliphatic carbocycles. The lowest BCUT2D eigenvalue weighted by atomic mass is 10.0. The van der Waals surface area contributed by atoms with E-state index in [-0.39, 0.29) is 13.0 Å². The van der Waals surface area contributed by atoms with E-state index in [2.05, 4.69) is 15.6 Å². The summed E-state index contributed by atoms with van der Waals surface area (Å²) in [5.41, 5.74) is 2.28. The van der Waals surface area contributed by atoms with Crippen LogP contribution in [-0.2, 0) is 16.0 Å². The monoisotopic (exact) mass is 369 g/mol. The molecule has 2 aromatic carbocycles. The molecule has 3 aromatic rings. The first-order chi connectivity index (χ1) is 13.1. The van der Waals surface area contributed by atoms with Crippen LogP contribution in [0.4, 0.5) is 14.9 Å². The first-order valence-corrected chi connectivity index (χ1v) is 8.61. The second-order valence-corrected chi connectivity index (χ2v) is 5.98. The van der Waals surface area contributed by atoms with Crippen LogP contribution in [-0.4, -0.2) is 29.6 Å². The van der Waals surface area contributed by atoms with Gasteiger partial charge in [-0.25, -0.2) is 9.18 Å². The van der Waals surface area contributed by atoms with E-state index >= 15 is 0 Å². The molecule has 1 atom stereocenters. The average Bonchev–Trinajstić information content (AvgIpc) is 3.06. The van der Waals surface area contributed by atoms with Crippen molar-refractivity contribution in [1.29, 1.82) is 0 Å². The Kier molecular flexibility index (Phi) is 5.71. The van der Waals surface area contributed by atoms with Crippen LogP contribution in [0.15, 0.2) is 54.7 Å². The molecule has 0 aliphatic rings. The minimum atomic E-state index is -0.853. The molecule has 140 valence electrons. The van der Waals surface area contributed by atoms with E-state index in [9.17, 15) is 14.0 Å². The van der Waals surface area contributed by atoms with Crippen LogP contribution >= 0.6 is 0 Å². The zero-order chi connectivity index (χ0) is 19.2. The van der Waals surface area contributed by atoms with Crippen molar-refractivity contribution < 1.29 is 18.7 Å². The molecule has 1 aromatic heterocycles. The number of halogens is 1. The number of aromatic nitrogens is 1. The van der Waals surface area contributed by atoms with Gasteiger partial charge in [-0.15, -0.1) is 0 Å². The Hall–Kier alpha value is -3.35. The third-order valence-corrected chi connectivity index (χ3v) is 4.09. The summed E-state index contributed by atoms with van der Waals surface area (Å²) >= 11 is 0. The molecule has 1 heterocycles. The van der Waals surface area contributed by atoms with Gasteiger partial charge in [0.05, 0.1) is 6.61 Å². The molecule has 0 saturated carbocycles. The fourth-order valence-corrected chi connectivity index (χ4v) is 2.81. The highest BCUT2D eigenvalue weighted by molar-refractivity contribution is 5.97. The summed E-state index contributed by atoms with van der Waals surface area (Å²) in [6.07, 6.45) is 1.42. The van der Waals surface area contributed by atoms with E-state index < -0.39 is 23.9 Å². The van der Waals surface area contributed by atoms with Crippen LogP contribution in [0.3, 0.4) is 0 Å². The van der Waals surface area contributed by atoms with E-state index in [1.165, 1.54) is 24.3 Å². The number of hydrogen-bond donors (Lipinski definition) is 3. The van der Waals surface area contributed by atoms with Crippen LogP contribution in [0.25, 0.3) is 10.9 Å². The Morgan fingerprint density at radius 1 is 1.15 bits per heavy atom. The van der Waals surface area contributed by atoms with Gasteiger partial charge < -0.3 is 20.4 Å². The molecule has 27 heavy (non-hydrogen) atoms. The van der Waals surface area contributed by atoms with E-state index in [4.69, 9.17) is 4.74 Å². The number of anilines is 1. The second-order valence-electron chi connectivity index (χ2n) is 5.98. The van der Waals surface area contributed by atoms with Gasteiger partial charge in [0, 0.05) is 29.2 Å². The fraction of sp³-hybridized carbons (Fsp3) is 0.200. The van der Waals surface area contributed by atoms with Gasteiger partial charge in [0.2, 0.25) is 5.91 Å². The topological polar surface area (TPSA) is 83.2 Å². The molecular weight excluding hydrogens is 349 g/mol. The summed E-state index contributed by atoms with van der Waals surface area (Å²) in [6.45, 7) is 1.89. The molecule has 2 amide bonds. The van der Waals surface area contributed by atoms with Crippen molar-refractivity contribution in [3.8, 4) is 0 Å². The van der Waals surface area contributed by atoms with Gasteiger partial charge in [-0.3, -0.25) is 4.79 Å². The SMILES string of the molecule is CCOC(=O)NC(Cc1c[nH]c2ccccc12)C(=O)Nc1ccc(F)cc1. The Morgan fingerprint density at radius 2 is 1.89 bits per heavy atom. The van der Waals surface area contributed by atoms with E-state index in [1.54, 1.807) is 6.92 Å². The third-order valence-electron chi connectivity index (χ3n) is 4.09. The number of alkyl carbamates (subject to hydrolysis) is 1. The van der Waals surface area contributed by atoms with Gasteiger partial charge >= 0.3 is 6.09 Å².